The molecule has 122 valence electrons. The summed E-state index contributed by atoms with van der Waals surface area (Å²) < 4.78 is 31.7. The van der Waals surface area contributed by atoms with Gasteiger partial charge in [0.25, 0.3) is 0 Å². The summed E-state index contributed by atoms with van der Waals surface area (Å²) in [6.45, 7) is 0.858. The average Bonchev–Trinajstić information content (AvgIpc) is 3.30. The summed E-state index contributed by atoms with van der Waals surface area (Å²) in [7, 11) is -0.536. The van der Waals surface area contributed by atoms with Crippen molar-refractivity contribution in [1.29, 1.82) is 0 Å². The summed E-state index contributed by atoms with van der Waals surface area (Å²) in [4.78, 5) is 12.2. The van der Waals surface area contributed by atoms with Gasteiger partial charge in [0.05, 0.1) is 16.9 Å². The Morgan fingerprint density at radius 1 is 1.45 bits per heavy atom. The first-order valence-corrected chi connectivity index (χ1v) is 8.36. The SMILES string of the molecule is COc1ccc(S(=O)(=O)NCCN(C)C2CC2)cc1[N+](=O)[O-]. The van der Waals surface area contributed by atoms with Gasteiger partial charge in [-0.3, -0.25) is 10.1 Å². The van der Waals surface area contributed by atoms with Crippen molar-refractivity contribution in [3.63, 3.8) is 0 Å². The maximum atomic E-state index is 12.2. The smallest absolute Gasteiger partial charge is 0.312 e. The summed E-state index contributed by atoms with van der Waals surface area (Å²) in [6.07, 6.45) is 2.29. The third-order valence-electron chi connectivity index (χ3n) is 3.58. The highest BCUT2D eigenvalue weighted by Crippen LogP contribution is 2.29. The van der Waals surface area contributed by atoms with Crippen LogP contribution in [0.2, 0.25) is 0 Å². The molecule has 1 fully saturated rings. The second-order valence-electron chi connectivity index (χ2n) is 5.20. The van der Waals surface area contributed by atoms with E-state index in [0.717, 1.165) is 18.9 Å². The van der Waals surface area contributed by atoms with E-state index in [4.69, 9.17) is 4.74 Å². The molecule has 0 aliphatic heterocycles. The van der Waals surface area contributed by atoms with Gasteiger partial charge in [0.15, 0.2) is 5.75 Å². The summed E-state index contributed by atoms with van der Waals surface area (Å²) in [5.74, 6) is 0.0254. The lowest BCUT2D eigenvalue weighted by Gasteiger charge is -2.15. The van der Waals surface area contributed by atoms with E-state index >= 15 is 0 Å². The minimum Gasteiger partial charge on any atom is -0.490 e. The number of nitro groups is 1. The van der Waals surface area contributed by atoms with Gasteiger partial charge in [-0.2, -0.15) is 0 Å². The first kappa shape index (κ1) is 16.7. The van der Waals surface area contributed by atoms with Crippen LogP contribution in [0.1, 0.15) is 12.8 Å². The summed E-state index contributed by atoms with van der Waals surface area (Å²) in [5, 5.41) is 10.9. The lowest BCUT2D eigenvalue weighted by molar-refractivity contribution is -0.386. The van der Waals surface area contributed by atoms with Gasteiger partial charge in [0.2, 0.25) is 10.0 Å². The van der Waals surface area contributed by atoms with Crippen LogP contribution in [-0.4, -0.2) is 51.5 Å². The first-order chi connectivity index (χ1) is 10.3. The standard InChI is InChI=1S/C13H19N3O5S/c1-15(10-3-4-10)8-7-14-22(19,20)11-5-6-13(21-2)12(9-11)16(17)18/h5-6,9-10,14H,3-4,7-8H2,1-2H3. The topological polar surface area (TPSA) is 102 Å². The van der Waals surface area contributed by atoms with Gasteiger partial charge in [-0.25, -0.2) is 13.1 Å². The van der Waals surface area contributed by atoms with Crippen LogP contribution >= 0.6 is 0 Å². The number of likely N-dealkylation sites (N-methyl/N-ethyl adjacent to an activating group) is 1. The third-order valence-corrected chi connectivity index (χ3v) is 5.04. The first-order valence-electron chi connectivity index (χ1n) is 6.87. The summed E-state index contributed by atoms with van der Waals surface area (Å²) in [5.41, 5.74) is -0.375. The molecule has 1 aliphatic rings. The fourth-order valence-electron chi connectivity index (χ4n) is 2.12. The van der Waals surface area contributed by atoms with Crippen LogP contribution in [0.15, 0.2) is 23.1 Å². The van der Waals surface area contributed by atoms with Crippen molar-refractivity contribution in [2.45, 2.75) is 23.8 Å². The van der Waals surface area contributed by atoms with E-state index in [1.54, 1.807) is 0 Å². The highest BCUT2D eigenvalue weighted by atomic mass is 32.2. The molecule has 0 atom stereocenters. The van der Waals surface area contributed by atoms with Gasteiger partial charge >= 0.3 is 5.69 Å². The second kappa shape index (κ2) is 6.59. The van der Waals surface area contributed by atoms with Crippen LogP contribution in [0.4, 0.5) is 5.69 Å². The predicted octanol–water partition coefficient (Wildman–Crippen LogP) is 0.976. The Hall–Kier alpha value is -1.71. The summed E-state index contributed by atoms with van der Waals surface area (Å²) >= 11 is 0. The monoisotopic (exact) mass is 329 g/mol. The minimum absolute atomic E-state index is 0.0254. The van der Waals surface area contributed by atoms with Crippen molar-refractivity contribution in [3.8, 4) is 5.75 Å². The van der Waals surface area contributed by atoms with E-state index in [1.807, 2.05) is 7.05 Å². The molecule has 0 aromatic heterocycles. The Labute approximate surface area is 129 Å². The minimum atomic E-state index is -3.78. The molecular weight excluding hydrogens is 310 g/mol. The van der Waals surface area contributed by atoms with Crippen LogP contribution in [0.25, 0.3) is 0 Å². The quantitative estimate of drug-likeness (QED) is 0.563. The fraction of sp³-hybridized carbons (Fsp3) is 0.538. The Morgan fingerprint density at radius 3 is 2.68 bits per heavy atom. The Balaban J connectivity index is 2.07. The van der Waals surface area contributed by atoms with E-state index in [0.29, 0.717) is 12.6 Å². The molecule has 0 bridgehead atoms. The summed E-state index contributed by atoms with van der Waals surface area (Å²) in [6, 6.07) is 4.12. The molecule has 22 heavy (non-hydrogen) atoms. The molecule has 0 radical (unpaired) electrons. The number of methoxy groups -OCH3 is 1. The fourth-order valence-corrected chi connectivity index (χ4v) is 3.16. The zero-order chi connectivity index (χ0) is 16.3. The Kier molecular flexibility index (Phi) is 4.99. The molecular formula is C13H19N3O5S. The molecule has 1 aromatic rings. The van der Waals surface area contributed by atoms with Crippen molar-refractivity contribution < 1.29 is 18.1 Å². The number of ether oxygens (including phenoxy) is 1. The average molecular weight is 329 g/mol. The third kappa shape index (κ3) is 3.93. The number of hydrogen-bond donors (Lipinski definition) is 1. The van der Waals surface area contributed by atoms with Crippen molar-refractivity contribution >= 4 is 15.7 Å². The lowest BCUT2D eigenvalue weighted by atomic mass is 10.3. The van der Waals surface area contributed by atoms with E-state index < -0.39 is 14.9 Å². The Morgan fingerprint density at radius 2 is 2.14 bits per heavy atom. The molecule has 2 rings (SSSR count). The number of nitro benzene ring substituents is 1. The lowest BCUT2D eigenvalue weighted by Crippen LogP contribution is -2.34. The normalized spacial score (nSPS) is 15.0. The van der Waals surface area contributed by atoms with Crippen molar-refractivity contribution in [3.05, 3.63) is 28.3 Å². The van der Waals surface area contributed by atoms with Crippen LogP contribution in [0.3, 0.4) is 0 Å². The largest absolute Gasteiger partial charge is 0.490 e. The zero-order valence-corrected chi connectivity index (χ0v) is 13.3. The van der Waals surface area contributed by atoms with Gasteiger partial charge < -0.3 is 9.64 Å². The van der Waals surface area contributed by atoms with Crippen LogP contribution < -0.4 is 9.46 Å². The highest BCUT2D eigenvalue weighted by molar-refractivity contribution is 7.89. The van der Waals surface area contributed by atoms with E-state index in [-0.39, 0.29) is 22.9 Å². The number of nitrogens with one attached hydrogen (secondary N) is 1. The molecule has 1 aliphatic carbocycles. The molecule has 1 aromatic carbocycles. The molecule has 1 saturated carbocycles. The number of rotatable bonds is 8. The van der Waals surface area contributed by atoms with Crippen molar-refractivity contribution in [2.75, 3.05) is 27.2 Å². The van der Waals surface area contributed by atoms with Gasteiger partial charge in [-0.1, -0.05) is 0 Å². The van der Waals surface area contributed by atoms with E-state index in [1.165, 1.54) is 19.2 Å². The number of benzene rings is 1. The Bertz CT molecular complexity index is 658. The van der Waals surface area contributed by atoms with E-state index in [9.17, 15) is 18.5 Å². The molecule has 0 saturated heterocycles. The maximum absolute atomic E-state index is 12.2. The van der Waals surface area contributed by atoms with Crippen molar-refractivity contribution in [1.82, 2.24) is 9.62 Å². The maximum Gasteiger partial charge on any atom is 0.312 e. The molecule has 0 amide bonds. The van der Waals surface area contributed by atoms with Gasteiger partial charge in [-0.05, 0) is 32.0 Å². The van der Waals surface area contributed by atoms with Crippen LogP contribution in [-0.2, 0) is 10.0 Å². The second-order valence-corrected chi connectivity index (χ2v) is 6.97. The molecule has 0 heterocycles. The van der Waals surface area contributed by atoms with E-state index in [2.05, 4.69) is 9.62 Å². The molecule has 0 unspecified atom stereocenters. The number of hydrogen-bond acceptors (Lipinski definition) is 6. The molecule has 1 N–H and O–H groups in total. The molecule has 0 spiro atoms. The van der Waals surface area contributed by atoms with Gasteiger partial charge in [0, 0.05) is 25.2 Å². The van der Waals surface area contributed by atoms with Gasteiger partial charge in [0.1, 0.15) is 0 Å². The molecule has 8 nitrogen and oxygen atoms in total. The molecule has 9 heteroatoms. The number of nitrogens with zero attached hydrogens (tertiary/aromatic N) is 2. The number of sulfonamides is 1. The predicted molar refractivity (Wildman–Crippen MR) is 80.5 cm³/mol. The van der Waals surface area contributed by atoms with Crippen LogP contribution in [0, 0.1) is 10.1 Å². The highest BCUT2D eigenvalue weighted by Gasteiger charge is 2.26. The van der Waals surface area contributed by atoms with Crippen LogP contribution in [0.5, 0.6) is 5.75 Å². The van der Waals surface area contributed by atoms with Crippen molar-refractivity contribution in [2.24, 2.45) is 0 Å². The zero-order valence-electron chi connectivity index (χ0n) is 12.5. The van der Waals surface area contributed by atoms with Gasteiger partial charge in [-0.15, -0.1) is 0 Å².